The minimum Gasteiger partial charge on any atom is -0.310 e. The Bertz CT molecular complexity index is 2690. The van der Waals surface area contributed by atoms with Gasteiger partial charge in [0.15, 0.2) is 0 Å². The first-order valence-electron chi connectivity index (χ1n) is 19.9. The molecule has 0 saturated carbocycles. The van der Waals surface area contributed by atoms with Crippen LogP contribution in [0.15, 0.2) is 200 Å². The van der Waals surface area contributed by atoms with Crippen LogP contribution >= 0.6 is 0 Å². The maximum Gasteiger partial charge on any atom is 0.0713 e. The number of nitrogens with zero attached hydrogens (tertiary/aromatic N) is 1. The summed E-state index contributed by atoms with van der Waals surface area (Å²) in [5.41, 5.74) is 18.4. The molecule has 0 aliphatic heterocycles. The zero-order valence-corrected chi connectivity index (χ0v) is 32.5. The highest BCUT2D eigenvalue weighted by molar-refractivity contribution is 5.88. The molecule has 0 amide bonds. The van der Waals surface area contributed by atoms with Gasteiger partial charge in [0.25, 0.3) is 0 Å². The molecule has 0 bridgehead atoms. The lowest BCUT2D eigenvalue weighted by atomic mass is 9.55. The van der Waals surface area contributed by atoms with E-state index in [9.17, 15) is 0 Å². The average molecular weight is 720 g/mol. The quantitative estimate of drug-likeness (QED) is 0.165. The van der Waals surface area contributed by atoms with Gasteiger partial charge >= 0.3 is 0 Å². The van der Waals surface area contributed by atoms with Crippen LogP contribution in [0.3, 0.4) is 0 Å². The lowest BCUT2D eigenvalue weighted by Gasteiger charge is -2.48. The van der Waals surface area contributed by atoms with Crippen molar-refractivity contribution in [1.29, 1.82) is 0 Å². The van der Waals surface area contributed by atoms with Crippen LogP contribution in [-0.2, 0) is 16.2 Å². The van der Waals surface area contributed by atoms with Gasteiger partial charge in [0.2, 0.25) is 0 Å². The van der Waals surface area contributed by atoms with Gasteiger partial charge in [0.05, 0.1) is 5.41 Å². The fraction of sp³-hybridized carbons (Fsp3) is 0.127. The van der Waals surface area contributed by atoms with Gasteiger partial charge in [-0.05, 0) is 114 Å². The summed E-state index contributed by atoms with van der Waals surface area (Å²) >= 11 is 0. The first kappa shape index (κ1) is 34.1. The topological polar surface area (TPSA) is 3.24 Å². The van der Waals surface area contributed by atoms with Crippen molar-refractivity contribution in [2.75, 3.05) is 4.90 Å². The Morgan fingerprint density at radius 1 is 0.304 bits per heavy atom. The molecule has 0 radical (unpaired) electrons. The van der Waals surface area contributed by atoms with E-state index in [0.717, 1.165) is 17.1 Å². The summed E-state index contributed by atoms with van der Waals surface area (Å²) in [5, 5.41) is 0. The third-order valence-corrected chi connectivity index (χ3v) is 13.3. The molecule has 8 aromatic carbocycles. The summed E-state index contributed by atoms with van der Waals surface area (Å²) in [6.07, 6.45) is 0. The Hall–Kier alpha value is -6.44. The highest BCUT2D eigenvalue weighted by Crippen LogP contribution is 2.57. The molecule has 0 saturated heterocycles. The van der Waals surface area contributed by atoms with E-state index < -0.39 is 5.41 Å². The summed E-state index contributed by atoms with van der Waals surface area (Å²) in [6, 6.07) is 74.2. The maximum atomic E-state index is 2.46. The lowest BCUT2D eigenvalue weighted by Crippen LogP contribution is -2.43. The van der Waals surface area contributed by atoms with E-state index in [2.05, 4.69) is 233 Å². The maximum absolute atomic E-state index is 2.46. The first-order valence-corrected chi connectivity index (χ1v) is 19.9. The minimum absolute atomic E-state index is 0.0610. The number of fused-ring (bicyclic) bond motifs is 6. The molecule has 56 heavy (non-hydrogen) atoms. The summed E-state index contributed by atoms with van der Waals surface area (Å²) in [6.45, 7) is 9.65. The summed E-state index contributed by atoms with van der Waals surface area (Å²) in [5.74, 6) is 0. The van der Waals surface area contributed by atoms with E-state index in [-0.39, 0.29) is 10.8 Å². The van der Waals surface area contributed by atoms with Gasteiger partial charge in [-0.3, -0.25) is 0 Å². The van der Waals surface area contributed by atoms with Crippen molar-refractivity contribution in [3.63, 3.8) is 0 Å². The molecule has 0 unspecified atom stereocenters. The van der Waals surface area contributed by atoms with E-state index >= 15 is 0 Å². The predicted octanol–water partition coefficient (Wildman–Crippen LogP) is 14.4. The van der Waals surface area contributed by atoms with Crippen LogP contribution in [0.5, 0.6) is 0 Å². The predicted molar refractivity (Wildman–Crippen MR) is 235 cm³/mol. The number of anilines is 3. The second-order valence-corrected chi connectivity index (χ2v) is 16.5. The van der Waals surface area contributed by atoms with E-state index in [1.54, 1.807) is 0 Å². The average Bonchev–Trinajstić information content (AvgIpc) is 3.55. The standard InChI is InChI=1S/C55H45N/c1-53(2)49-27-14-11-24-45(49)48-35-34-44(37-52(48)54(53,3)4)56(43-23-17-20-39(36-43)38-18-7-5-8-19-38)42-32-30-41(31-33-42)55(40-21-9-6-10-22-40)50-28-15-12-25-46(50)47-26-13-16-29-51(47)55/h5-37H,1-4H3. The fourth-order valence-electron chi connectivity index (χ4n) is 9.83. The van der Waals surface area contributed by atoms with Gasteiger partial charge in [-0.25, -0.2) is 0 Å². The molecule has 0 fully saturated rings. The van der Waals surface area contributed by atoms with E-state index in [1.165, 1.54) is 66.8 Å². The molecule has 0 spiro atoms. The van der Waals surface area contributed by atoms with Gasteiger partial charge in [-0.15, -0.1) is 0 Å². The molecule has 0 heterocycles. The highest BCUT2D eigenvalue weighted by atomic mass is 15.1. The Labute approximate surface area is 331 Å². The van der Waals surface area contributed by atoms with Crippen LogP contribution in [0.2, 0.25) is 0 Å². The molecular weight excluding hydrogens is 675 g/mol. The van der Waals surface area contributed by atoms with Crippen LogP contribution in [0.4, 0.5) is 17.1 Å². The lowest BCUT2D eigenvalue weighted by molar-refractivity contribution is 0.299. The molecule has 10 rings (SSSR count). The monoisotopic (exact) mass is 719 g/mol. The molecule has 8 aromatic rings. The number of rotatable bonds is 6. The number of hydrogen-bond donors (Lipinski definition) is 0. The molecule has 0 N–H and O–H groups in total. The number of hydrogen-bond acceptors (Lipinski definition) is 1. The van der Waals surface area contributed by atoms with Gasteiger partial charge in [0, 0.05) is 17.1 Å². The zero-order chi connectivity index (χ0) is 38.1. The van der Waals surface area contributed by atoms with Crippen molar-refractivity contribution in [2.45, 2.75) is 43.9 Å². The van der Waals surface area contributed by atoms with E-state index in [4.69, 9.17) is 0 Å². The first-order chi connectivity index (χ1) is 27.3. The van der Waals surface area contributed by atoms with Gasteiger partial charge in [-0.1, -0.05) is 191 Å². The molecule has 2 aliphatic carbocycles. The number of benzene rings is 8. The summed E-state index contributed by atoms with van der Waals surface area (Å²) in [4.78, 5) is 2.45. The smallest absolute Gasteiger partial charge is 0.0713 e. The normalized spacial score (nSPS) is 15.2. The van der Waals surface area contributed by atoms with Crippen molar-refractivity contribution in [1.82, 2.24) is 0 Å². The molecule has 0 aromatic heterocycles. The molecule has 0 atom stereocenters. The Balaban J connectivity index is 1.18. The van der Waals surface area contributed by atoms with Crippen LogP contribution in [0.1, 0.15) is 61.1 Å². The molecule has 1 nitrogen and oxygen atoms in total. The zero-order valence-electron chi connectivity index (χ0n) is 32.5. The third kappa shape index (κ3) is 4.93. The largest absolute Gasteiger partial charge is 0.310 e. The van der Waals surface area contributed by atoms with Crippen LogP contribution < -0.4 is 4.90 Å². The second-order valence-electron chi connectivity index (χ2n) is 16.5. The molecular formula is C55H45N. The third-order valence-electron chi connectivity index (χ3n) is 13.3. The fourth-order valence-corrected chi connectivity index (χ4v) is 9.83. The molecule has 2 aliphatic rings. The van der Waals surface area contributed by atoms with Crippen molar-refractivity contribution < 1.29 is 0 Å². The highest BCUT2D eigenvalue weighted by Gasteiger charge is 2.47. The van der Waals surface area contributed by atoms with Crippen molar-refractivity contribution >= 4 is 17.1 Å². The van der Waals surface area contributed by atoms with Crippen molar-refractivity contribution in [3.8, 4) is 33.4 Å². The van der Waals surface area contributed by atoms with Crippen LogP contribution in [0, 0.1) is 0 Å². The Morgan fingerprint density at radius 2 is 0.750 bits per heavy atom. The summed E-state index contributed by atoms with van der Waals surface area (Å²) in [7, 11) is 0. The van der Waals surface area contributed by atoms with Crippen molar-refractivity contribution in [3.05, 3.63) is 234 Å². The van der Waals surface area contributed by atoms with Gasteiger partial charge in [-0.2, -0.15) is 0 Å². The SMILES string of the molecule is CC1(C)c2ccccc2-c2ccc(N(c3ccc(C4(c5ccccc5)c5ccccc5-c5ccccc54)cc3)c3cccc(-c4ccccc4)c3)cc2C1(C)C. The summed E-state index contributed by atoms with van der Waals surface area (Å²) < 4.78 is 0. The van der Waals surface area contributed by atoms with Crippen LogP contribution in [-0.4, -0.2) is 0 Å². The van der Waals surface area contributed by atoms with E-state index in [1.807, 2.05) is 0 Å². The Morgan fingerprint density at radius 3 is 1.39 bits per heavy atom. The van der Waals surface area contributed by atoms with E-state index in [0.29, 0.717) is 0 Å². The van der Waals surface area contributed by atoms with Crippen LogP contribution in [0.25, 0.3) is 33.4 Å². The Kier molecular flexibility index (Phi) is 7.80. The van der Waals surface area contributed by atoms with Gasteiger partial charge < -0.3 is 4.90 Å². The second kappa shape index (κ2) is 12.8. The van der Waals surface area contributed by atoms with Gasteiger partial charge in [0.1, 0.15) is 0 Å². The minimum atomic E-state index is -0.445. The van der Waals surface area contributed by atoms with Crippen molar-refractivity contribution in [2.24, 2.45) is 0 Å². The molecule has 270 valence electrons. The molecule has 1 heteroatoms.